The van der Waals surface area contributed by atoms with E-state index in [-0.39, 0.29) is 11.8 Å². The zero-order valence-electron chi connectivity index (χ0n) is 15.0. The summed E-state index contributed by atoms with van der Waals surface area (Å²) in [6.45, 7) is 6.14. The summed E-state index contributed by atoms with van der Waals surface area (Å²) in [7, 11) is 0. The van der Waals surface area contributed by atoms with Gasteiger partial charge in [-0.2, -0.15) is 0 Å². The third-order valence-electron chi connectivity index (χ3n) is 4.91. The summed E-state index contributed by atoms with van der Waals surface area (Å²) in [6, 6.07) is 11.7. The van der Waals surface area contributed by atoms with E-state index in [0.717, 1.165) is 22.9 Å². The van der Waals surface area contributed by atoms with Gasteiger partial charge in [0.05, 0.1) is 6.42 Å². The number of rotatable bonds is 7. The fourth-order valence-electron chi connectivity index (χ4n) is 3.13. The number of fused-ring (bicyclic) bond motifs is 1. The fraction of sp³-hybridized carbons (Fsp3) is 0.429. The van der Waals surface area contributed by atoms with Crippen molar-refractivity contribution in [2.45, 2.75) is 33.1 Å². The molecule has 0 radical (unpaired) electrons. The summed E-state index contributed by atoms with van der Waals surface area (Å²) in [5.41, 5.74) is 1.65. The van der Waals surface area contributed by atoms with Gasteiger partial charge in [0.1, 0.15) is 0 Å². The van der Waals surface area contributed by atoms with E-state index in [1.54, 1.807) is 0 Å². The van der Waals surface area contributed by atoms with E-state index in [1.165, 1.54) is 12.8 Å². The minimum atomic E-state index is 0.0416. The number of benzene rings is 2. The van der Waals surface area contributed by atoms with Gasteiger partial charge in [0.25, 0.3) is 5.91 Å². The van der Waals surface area contributed by atoms with E-state index >= 15 is 0 Å². The van der Waals surface area contributed by atoms with Crippen LogP contribution >= 0.6 is 0 Å². The van der Waals surface area contributed by atoms with Crippen molar-refractivity contribution in [3.8, 4) is 0 Å². The molecule has 132 valence electrons. The predicted molar refractivity (Wildman–Crippen MR) is 101 cm³/mol. The van der Waals surface area contributed by atoms with Gasteiger partial charge in [0, 0.05) is 25.2 Å². The second kappa shape index (κ2) is 7.68. The Hall–Kier alpha value is -2.36. The summed E-state index contributed by atoms with van der Waals surface area (Å²) >= 11 is 0. The molecule has 1 aliphatic carbocycles. The van der Waals surface area contributed by atoms with Crippen LogP contribution in [0.15, 0.2) is 36.4 Å². The third-order valence-corrected chi connectivity index (χ3v) is 4.91. The number of hydrogen-bond acceptors (Lipinski definition) is 2. The standard InChI is InChI=1S/C21H26N2O2/c1-3-23(4-2)21(25)18-11-10-16-6-5-7-17(19(16)12-18)13-20(24)22-14-15-8-9-15/h5-7,10-12,15H,3-4,8-9,13-14H2,1-2H3,(H,22,24). The zero-order chi connectivity index (χ0) is 17.8. The largest absolute Gasteiger partial charge is 0.356 e. The first-order valence-corrected chi connectivity index (χ1v) is 9.20. The SMILES string of the molecule is CCN(CC)C(=O)c1ccc2cccc(CC(=O)NCC3CC3)c2c1. The molecule has 0 aliphatic heterocycles. The maximum atomic E-state index is 12.6. The van der Waals surface area contributed by atoms with Crippen LogP contribution < -0.4 is 5.32 Å². The van der Waals surface area contributed by atoms with E-state index in [9.17, 15) is 9.59 Å². The van der Waals surface area contributed by atoms with Gasteiger partial charge in [-0.1, -0.05) is 24.3 Å². The van der Waals surface area contributed by atoms with Crippen LogP contribution in [-0.2, 0) is 11.2 Å². The molecule has 4 heteroatoms. The molecule has 1 fully saturated rings. The lowest BCUT2D eigenvalue weighted by molar-refractivity contribution is -0.120. The van der Waals surface area contributed by atoms with E-state index in [4.69, 9.17) is 0 Å². The topological polar surface area (TPSA) is 49.4 Å². The van der Waals surface area contributed by atoms with Crippen LogP contribution in [0.2, 0.25) is 0 Å². The van der Waals surface area contributed by atoms with Crippen molar-refractivity contribution in [3.63, 3.8) is 0 Å². The average Bonchev–Trinajstić information content (AvgIpc) is 3.45. The molecule has 25 heavy (non-hydrogen) atoms. The van der Waals surface area contributed by atoms with Crippen molar-refractivity contribution in [3.05, 3.63) is 47.5 Å². The minimum absolute atomic E-state index is 0.0416. The Morgan fingerprint density at radius 2 is 1.88 bits per heavy atom. The highest BCUT2D eigenvalue weighted by Gasteiger charge is 2.21. The van der Waals surface area contributed by atoms with Gasteiger partial charge in [0.15, 0.2) is 0 Å². The first-order chi connectivity index (χ1) is 12.1. The average molecular weight is 338 g/mol. The number of carbonyl (C=O) groups excluding carboxylic acids is 2. The molecule has 2 aromatic rings. The molecule has 0 aromatic heterocycles. The Balaban J connectivity index is 1.83. The van der Waals surface area contributed by atoms with Gasteiger partial charge in [-0.15, -0.1) is 0 Å². The molecule has 0 bridgehead atoms. The van der Waals surface area contributed by atoms with Crippen molar-refractivity contribution >= 4 is 22.6 Å². The van der Waals surface area contributed by atoms with Crippen LogP contribution in [0.1, 0.15) is 42.6 Å². The maximum absolute atomic E-state index is 12.6. The number of carbonyl (C=O) groups is 2. The lowest BCUT2D eigenvalue weighted by atomic mass is 9.99. The van der Waals surface area contributed by atoms with Crippen molar-refractivity contribution in [1.82, 2.24) is 10.2 Å². The molecule has 4 nitrogen and oxygen atoms in total. The normalized spacial score (nSPS) is 13.7. The molecule has 2 aromatic carbocycles. The second-order valence-corrected chi connectivity index (χ2v) is 6.75. The number of amides is 2. The van der Waals surface area contributed by atoms with Gasteiger partial charge in [-0.05, 0) is 61.1 Å². The molecule has 3 rings (SSSR count). The van der Waals surface area contributed by atoms with Gasteiger partial charge in [0.2, 0.25) is 5.91 Å². The van der Waals surface area contributed by atoms with Crippen molar-refractivity contribution in [2.75, 3.05) is 19.6 Å². The van der Waals surface area contributed by atoms with Gasteiger partial charge in [-0.25, -0.2) is 0 Å². The van der Waals surface area contributed by atoms with Crippen molar-refractivity contribution in [1.29, 1.82) is 0 Å². The van der Waals surface area contributed by atoms with Crippen LogP contribution in [0.3, 0.4) is 0 Å². The van der Waals surface area contributed by atoms with Crippen LogP contribution in [-0.4, -0.2) is 36.3 Å². The van der Waals surface area contributed by atoms with Crippen LogP contribution in [0.5, 0.6) is 0 Å². The molecule has 1 aliphatic rings. The van der Waals surface area contributed by atoms with E-state index in [2.05, 4.69) is 5.32 Å². The molecule has 0 unspecified atom stereocenters. The Kier molecular flexibility index (Phi) is 5.37. The van der Waals surface area contributed by atoms with Crippen molar-refractivity contribution in [2.24, 2.45) is 5.92 Å². The fourth-order valence-corrected chi connectivity index (χ4v) is 3.13. The van der Waals surface area contributed by atoms with Gasteiger partial charge < -0.3 is 10.2 Å². The zero-order valence-corrected chi connectivity index (χ0v) is 15.0. The molecule has 1 saturated carbocycles. The summed E-state index contributed by atoms with van der Waals surface area (Å²) in [4.78, 5) is 26.6. The molecular formula is C21H26N2O2. The summed E-state index contributed by atoms with van der Waals surface area (Å²) in [5.74, 6) is 0.773. The molecule has 2 amide bonds. The van der Waals surface area contributed by atoms with Crippen LogP contribution in [0.25, 0.3) is 10.8 Å². The Morgan fingerprint density at radius 1 is 1.12 bits per heavy atom. The highest BCUT2D eigenvalue weighted by Crippen LogP contribution is 2.27. The molecule has 1 N–H and O–H groups in total. The molecule has 0 atom stereocenters. The first kappa shape index (κ1) is 17.5. The van der Waals surface area contributed by atoms with E-state index in [1.807, 2.05) is 55.1 Å². The highest BCUT2D eigenvalue weighted by atomic mass is 16.2. The van der Waals surface area contributed by atoms with Gasteiger partial charge in [-0.3, -0.25) is 9.59 Å². The molecule has 0 saturated heterocycles. The van der Waals surface area contributed by atoms with Crippen molar-refractivity contribution < 1.29 is 9.59 Å². The second-order valence-electron chi connectivity index (χ2n) is 6.75. The molecule has 0 heterocycles. The minimum Gasteiger partial charge on any atom is -0.356 e. The predicted octanol–water partition coefficient (Wildman–Crippen LogP) is 3.39. The lowest BCUT2D eigenvalue weighted by Gasteiger charge is -2.19. The number of hydrogen-bond donors (Lipinski definition) is 1. The monoisotopic (exact) mass is 338 g/mol. The molecule has 0 spiro atoms. The van der Waals surface area contributed by atoms with E-state index < -0.39 is 0 Å². The Bertz CT molecular complexity index is 777. The summed E-state index contributed by atoms with van der Waals surface area (Å²) in [5, 5.41) is 5.06. The Labute approximate surface area is 149 Å². The number of nitrogens with one attached hydrogen (secondary N) is 1. The quantitative estimate of drug-likeness (QED) is 0.841. The smallest absolute Gasteiger partial charge is 0.253 e. The van der Waals surface area contributed by atoms with Gasteiger partial charge >= 0.3 is 0 Å². The summed E-state index contributed by atoms with van der Waals surface area (Å²) in [6.07, 6.45) is 2.81. The summed E-state index contributed by atoms with van der Waals surface area (Å²) < 4.78 is 0. The van der Waals surface area contributed by atoms with Crippen LogP contribution in [0, 0.1) is 5.92 Å². The number of nitrogens with zero attached hydrogens (tertiary/aromatic N) is 1. The maximum Gasteiger partial charge on any atom is 0.253 e. The molecular weight excluding hydrogens is 312 g/mol. The first-order valence-electron chi connectivity index (χ1n) is 9.20. The van der Waals surface area contributed by atoms with E-state index in [0.29, 0.717) is 31.0 Å². The Morgan fingerprint density at radius 3 is 2.56 bits per heavy atom. The lowest BCUT2D eigenvalue weighted by Crippen LogP contribution is -2.30. The third kappa shape index (κ3) is 4.19. The van der Waals surface area contributed by atoms with Crippen LogP contribution in [0.4, 0.5) is 0 Å². The highest BCUT2D eigenvalue weighted by molar-refractivity contribution is 6.00.